The SMILES string of the molecule is CCOC(=O)C1=C(C)N=c2s/c(=C/c3c(-c4ccccc4)[nH]c4c(C)cccc34)c(=O)n2[C@H]1c1cccc(OC)c1. The molecule has 3 aromatic carbocycles. The van der Waals surface area contributed by atoms with Crippen molar-refractivity contribution in [2.75, 3.05) is 13.7 Å². The van der Waals surface area contributed by atoms with Gasteiger partial charge in [-0.2, -0.15) is 0 Å². The van der Waals surface area contributed by atoms with Gasteiger partial charge in [-0.25, -0.2) is 9.79 Å². The molecule has 6 rings (SSSR count). The van der Waals surface area contributed by atoms with Crippen LogP contribution < -0.4 is 19.6 Å². The second-order valence-corrected chi connectivity index (χ2v) is 10.9. The number of fused-ring (bicyclic) bond motifs is 2. The van der Waals surface area contributed by atoms with Gasteiger partial charge in [0.1, 0.15) is 5.75 Å². The van der Waals surface area contributed by atoms with Crippen LogP contribution in [-0.4, -0.2) is 29.2 Å². The Morgan fingerprint density at radius 1 is 1.07 bits per heavy atom. The molecule has 0 radical (unpaired) electrons. The predicted molar refractivity (Wildman–Crippen MR) is 162 cm³/mol. The van der Waals surface area contributed by atoms with Crippen molar-refractivity contribution in [1.29, 1.82) is 0 Å². The van der Waals surface area contributed by atoms with E-state index in [4.69, 9.17) is 14.5 Å². The van der Waals surface area contributed by atoms with Gasteiger partial charge in [0.2, 0.25) is 0 Å². The average Bonchev–Trinajstić information content (AvgIpc) is 3.51. The number of thiazole rings is 1. The van der Waals surface area contributed by atoms with Crippen LogP contribution in [0.2, 0.25) is 0 Å². The Morgan fingerprint density at radius 2 is 1.85 bits per heavy atom. The number of hydrogen-bond donors (Lipinski definition) is 1. The lowest BCUT2D eigenvalue weighted by atomic mass is 9.95. The number of esters is 1. The molecule has 3 heterocycles. The third kappa shape index (κ3) is 4.60. The number of para-hydroxylation sites is 1. The van der Waals surface area contributed by atoms with E-state index in [1.807, 2.05) is 54.6 Å². The molecule has 0 aliphatic carbocycles. The number of methoxy groups -OCH3 is 1. The highest BCUT2D eigenvalue weighted by Crippen LogP contribution is 2.34. The molecule has 41 heavy (non-hydrogen) atoms. The summed E-state index contributed by atoms with van der Waals surface area (Å²) >= 11 is 1.31. The van der Waals surface area contributed by atoms with Crippen LogP contribution in [0.15, 0.2) is 93.9 Å². The zero-order valence-electron chi connectivity index (χ0n) is 23.2. The molecule has 0 spiro atoms. The summed E-state index contributed by atoms with van der Waals surface area (Å²) in [6, 6.07) is 22.9. The molecule has 0 fully saturated rings. The van der Waals surface area contributed by atoms with Gasteiger partial charge in [-0.15, -0.1) is 0 Å². The van der Waals surface area contributed by atoms with E-state index in [2.05, 4.69) is 36.2 Å². The van der Waals surface area contributed by atoms with Crippen LogP contribution in [-0.2, 0) is 9.53 Å². The number of aromatic amines is 1. The number of benzene rings is 3. The highest BCUT2D eigenvalue weighted by molar-refractivity contribution is 7.07. The summed E-state index contributed by atoms with van der Waals surface area (Å²) in [5.74, 6) is 0.137. The predicted octanol–water partition coefficient (Wildman–Crippen LogP) is 5.26. The zero-order chi connectivity index (χ0) is 28.7. The Labute approximate surface area is 240 Å². The van der Waals surface area contributed by atoms with Crippen LogP contribution in [0.3, 0.4) is 0 Å². The summed E-state index contributed by atoms with van der Waals surface area (Å²) in [7, 11) is 1.59. The zero-order valence-corrected chi connectivity index (χ0v) is 24.0. The highest BCUT2D eigenvalue weighted by Gasteiger charge is 2.33. The molecule has 1 N–H and O–H groups in total. The minimum absolute atomic E-state index is 0.215. The summed E-state index contributed by atoms with van der Waals surface area (Å²) in [6.07, 6.45) is 1.94. The minimum atomic E-state index is -0.707. The van der Waals surface area contributed by atoms with E-state index in [9.17, 15) is 9.59 Å². The van der Waals surface area contributed by atoms with Crippen LogP contribution >= 0.6 is 11.3 Å². The third-order valence-corrected chi connectivity index (χ3v) is 8.33. The number of allylic oxidation sites excluding steroid dienone is 1. The lowest BCUT2D eigenvalue weighted by Gasteiger charge is -2.25. The van der Waals surface area contributed by atoms with Crippen LogP contribution in [0.4, 0.5) is 0 Å². The number of nitrogens with zero attached hydrogens (tertiary/aromatic N) is 2. The normalized spacial score (nSPS) is 15.1. The van der Waals surface area contributed by atoms with Gasteiger partial charge >= 0.3 is 5.97 Å². The lowest BCUT2D eigenvalue weighted by Crippen LogP contribution is -2.39. The molecule has 0 unspecified atom stereocenters. The summed E-state index contributed by atoms with van der Waals surface area (Å²) in [4.78, 5) is 36.3. The van der Waals surface area contributed by atoms with Crippen LogP contribution in [0.5, 0.6) is 5.75 Å². The Hall–Kier alpha value is -4.69. The van der Waals surface area contributed by atoms with Crippen LogP contribution in [0.25, 0.3) is 28.2 Å². The fourth-order valence-electron chi connectivity index (χ4n) is 5.42. The summed E-state index contributed by atoms with van der Waals surface area (Å²) in [5, 5.41) is 1.03. The van der Waals surface area contributed by atoms with Gasteiger partial charge in [-0.1, -0.05) is 72.0 Å². The van der Waals surface area contributed by atoms with Gasteiger partial charge in [-0.05, 0) is 55.7 Å². The third-order valence-electron chi connectivity index (χ3n) is 7.35. The van der Waals surface area contributed by atoms with E-state index in [0.29, 0.717) is 26.4 Å². The number of aromatic nitrogens is 2. The maximum Gasteiger partial charge on any atom is 0.338 e. The van der Waals surface area contributed by atoms with Crippen molar-refractivity contribution < 1.29 is 14.3 Å². The summed E-state index contributed by atoms with van der Waals surface area (Å²) in [5.41, 5.74) is 6.42. The fraction of sp³-hybridized carbons (Fsp3) is 0.182. The quantitative estimate of drug-likeness (QED) is 0.286. The smallest absolute Gasteiger partial charge is 0.338 e. The molecular weight excluding hydrogens is 534 g/mol. The first-order chi connectivity index (χ1) is 19.9. The second-order valence-electron chi connectivity index (χ2n) is 9.86. The van der Waals surface area contributed by atoms with Crippen molar-refractivity contribution in [3.63, 3.8) is 0 Å². The number of hydrogen-bond acceptors (Lipinski definition) is 6. The number of aryl methyl sites for hydroxylation is 1. The molecule has 1 aliphatic heterocycles. The summed E-state index contributed by atoms with van der Waals surface area (Å²) in [6.45, 7) is 5.83. The van der Waals surface area contributed by atoms with E-state index in [-0.39, 0.29) is 12.2 Å². The first-order valence-corrected chi connectivity index (χ1v) is 14.2. The number of carbonyl (C=O) groups is 1. The molecule has 2 aromatic heterocycles. The largest absolute Gasteiger partial charge is 0.497 e. The molecule has 1 atom stereocenters. The first-order valence-electron chi connectivity index (χ1n) is 13.4. The number of rotatable bonds is 6. The van der Waals surface area contributed by atoms with E-state index in [1.54, 1.807) is 25.5 Å². The lowest BCUT2D eigenvalue weighted by molar-refractivity contribution is -0.139. The molecule has 8 heteroatoms. The average molecular weight is 564 g/mol. The van der Waals surface area contributed by atoms with Crippen LogP contribution in [0.1, 0.15) is 36.6 Å². The number of H-pyrrole nitrogens is 1. The van der Waals surface area contributed by atoms with Gasteiger partial charge in [0.15, 0.2) is 4.80 Å². The molecule has 206 valence electrons. The molecule has 0 amide bonds. The fourth-order valence-corrected chi connectivity index (χ4v) is 6.45. The van der Waals surface area contributed by atoms with Crippen LogP contribution in [0, 0.1) is 6.92 Å². The molecule has 0 bridgehead atoms. The summed E-state index contributed by atoms with van der Waals surface area (Å²) < 4.78 is 13.0. The highest BCUT2D eigenvalue weighted by atomic mass is 32.1. The maximum atomic E-state index is 14.2. The molecule has 1 aliphatic rings. The van der Waals surface area contributed by atoms with Gasteiger partial charge < -0.3 is 14.5 Å². The Balaban J connectivity index is 1.62. The van der Waals surface area contributed by atoms with Gasteiger partial charge in [-0.3, -0.25) is 9.36 Å². The topological polar surface area (TPSA) is 85.7 Å². The molecule has 5 aromatic rings. The standard InChI is InChI=1S/C33H29N3O4S/c1-5-40-32(38)27-20(3)34-33-36(30(27)22-14-10-15-23(17-22)39-4)31(37)26(41-33)18-25-24-16-9-11-19(2)28(24)35-29(25)21-12-7-6-8-13-21/h6-18,30,35H,5H2,1-4H3/b26-18+/t30-/m0/s1. The molecule has 0 saturated heterocycles. The van der Waals surface area contributed by atoms with Crippen molar-refractivity contribution in [2.45, 2.75) is 26.8 Å². The second kappa shape index (κ2) is 10.7. The van der Waals surface area contributed by atoms with Crippen molar-refractivity contribution in [2.24, 2.45) is 4.99 Å². The van der Waals surface area contributed by atoms with Crippen molar-refractivity contribution in [3.8, 4) is 17.0 Å². The van der Waals surface area contributed by atoms with Crippen molar-refractivity contribution in [3.05, 3.63) is 120 Å². The molecule has 0 saturated carbocycles. The van der Waals surface area contributed by atoms with Gasteiger partial charge in [0.05, 0.1) is 41.3 Å². The van der Waals surface area contributed by atoms with Gasteiger partial charge in [0.25, 0.3) is 5.56 Å². The first kappa shape index (κ1) is 26.5. The Bertz CT molecular complexity index is 2010. The van der Waals surface area contributed by atoms with Crippen molar-refractivity contribution in [1.82, 2.24) is 9.55 Å². The number of ether oxygens (including phenoxy) is 2. The number of nitrogens with one attached hydrogen (secondary N) is 1. The number of carbonyl (C=O) groups excluding carboxylic acids is 1. The Morgan fingerprint density at radius 3 is 2.61 bits per heavy atom. The molecule has 7 nitrogen and oxygen atoms in total. The van der Waals surface area contributed by atoms with E-state index < -0.39 is 12.0 Å². The van der Waals surface area contributed by atoms with E-state index in [1.165, 1.54) is 11.3 Å². The van der Waals surface area contributed by atoms with E-state index >= 15 is 0 Å². The Kier molecular flexibility index (Phi) is 6.93. The molecular formula is C33H29N3O4S. The maximum absolute atomic E-state index is 14.2. The van der Waals surface area contributed by atoms with Gasteiger partial charge in [0, 0.05) is 16.5 Å². The monoisotopic (exact) mass is 563 g/mol. The van der Waals surface area contributed by atoms with E-state index in [0.717, 1.165) is 38.9 Å². The minimum Gasteiger partial charge on any atom is -0.497 e. The van der Waals surface area contributed by atoms with Crippen molar-refractivity contribution >= 4 is 34.3 Å².